The van der Waals surface area contributed by atoms with Gasteiger partial charge in [-0.2, -0.15) is 0 Å². The van der Waals surface area contributed by atoms with Crippen LogP contribution in [0.4, 0.5) is 4.79 Å². The minimum Gasteiger partial charge on any atom is -0.493 e. The van der Waals surface area contributed by atoms with Crippen LogP contribution in [0.1, 0.15) is 18.1 Å². The van der Waals surface area contributed by atoms with Crippen LogP contribution < -0.4 is 14.2 Å². The molecule has 1 aliphatic heterocycles. The minimum absolute atomic E-state index is 0.145. The predicted molar refractivity (Wildman–Crippen MR) is 124 cm³/mol. The van der Waals surface area contributed by atoms with Crippen LogP contribution >= 0.6 is 11.8 Å². The highest BCUT2D eigenvalue weighted by Crippen LogP contribution is 2.34. The number of methoxy groups -OCH3 is 1. The Morgan fingerprint density at radius 2 is 1.82 bits per heavy atom. The number of thioether (sulfide) groups is 1. The highest BCUT2D eigenvalue weighted by atomic mass is 32.2. The fraction of sp³-hybridized carbons (Fsp3) is 0.292. The maximum absolute atomic E-state index is 12.7. The molecule has 0 saturated carbocycles. The van der Waals surface area contributed by atoms with Crippen molar-refractivity contribution in [3.8, 4) is 17.2 Å². The summed E-state index contributed by atoms with van der Waals surface area (Å²) in [6.07, 6.45) is 1.60. The van der Waals surface area contributed by atoms with Gasteiger partial charge < -0.3 is 18.9 Å². The lowest BCUT2D eigenvalue weighted by Crippen LogP contribution is -2.32. The Bertz CT molecular complexity index is 1050. The van der Waals surface area contributed by atoms with E-state index < -0.39 is 5.97 Å². The van der Waals surface area contributed by atoms with Crippen LogP contribution in [-0.4, -0.2) is 55.5 Å². The number of carbonyl (C=O) groups is 3. The lowest BCUT2D eigenvalue weighted by molar-refractivity contribution is -0.145. The van der Waals surface area contributed by atoms with E-state index in [4.69, 9.17) is 18.9 Å². The van der Waals surface area contributed by atoms with Crippen LogP contribution in [-0.2, 0) is 14.3 Å². The molecule has 33 heavy (non-hydrogen) atoms. The van der Waals surface area contributed by atoms with E-state index in [1.807, 2.05) is 31.2 Å². The quantitative estimate of drug-likeness (QED) is 0.378. The average molecular weight is 472 g/mol. The molecule has 0 N–H and O–H groups in total. The fourth-order valence-electron chi connectivity index (χ4n) is 2.97. The number of hydrogen-bond donors (Lipinski definition) is 0. The standard InChI is InChI=1S/C24H25NO7S/c1-4-30-22(26)15-32-20-13-17(7-10-19(20)29-3)14-21-23(27)25(24(28)33-21)11-12-31-18-8-5-16(2)6-9-18/h5-10,13-14H,4,11-12,15H2,1-3H3/b21-14-. The molecule has 3 rings (SSSR count). The van der Waals surface area contributed by atoms with Crippen molar-refractivity contribution in [3.05, 3.63) is 58.5 Å². The first-order chi connectivity index (χ1) is 15.9. The van der Waals surface area contributed by atoms with Crippen LogP contribution in [0.2, 0.25) is 0 Å². The lowest BCUT2D eigenvalue weighted by atomic mass is 10.2. The Hall–Kier alpha value is -3.46. The highest BCUT2D eigenvalue weighted by Gasteiger charge is 2.34. The van der Waals surface area contributed by atoms with Crippen molar-refractivity contribution in [2.24, 2.45) is 0 Å². The zero-order valence-electron chi connectivity index (χ0n) is 18.7. The van der Waals surface area contributed by atoms with Crippen molar-refractivity contribution in [1.82, 2.24) is 4.90 Å². The normalized spacial score (nSPS) is 14.5. The van der Waals surface area contributed by atoms with Gasteiger partial charge in [0.2, 0.25) is 0 Å². The fourth-order valence-corrected chi connectivity index (χ4v) is 3.83. The number of rotatable bonds is 10. The molecule has 0 aromatic heterocycles. The summed E-state index contributed by atoms with van der Waals surface area (Å²) in [6, 6.07) is 12.6. The molecule has 1 aliphatic rings. The highest BCUT2D eigenvalue weighted by molar-refractivity contribution is 8.18. The maximum atomic E-state index is 12.7. The minimum atomic E-state index is -0.501. The molecule has 1 saturated heterocycles. The molecular weight excluding hydrogens is 446 g/mol. The number of ether oxygens (including phenoxy) is 4. The number of aryl methyl sites for hydroxylation is 1. The van der Waals surface area contributed by atoms with E-state index in [0.717, 1.165) is 22.2 Å². The Morgan fingerprint density at radius 1 is 1.06 bits per heavy atom. The second kappa shape index (κ2) is 11.4. The molecule has 0 radical (unpaired) electrons. The van der Waals surface area contributed by atoms with Crippen molar-refractivity contribution in [2.45, 2.75) is 13.8 Å². The van der Waals surface area contributed by atoms with Gasteiger partial charge in [0.05, 0.1) is 25.2 Å². The smallest absolute Gasteiger partial charge is 0.344 e. The maximum Gasteiger partial charge on any atom is 0.344 e. The average Bonchev–Trinajstić information content (AvgIpc) is 3.06. The number of imide groups is 1. The summed E-state index contributed by atoms with van der Waals surface area (Å²) in [5.74, 6) is 0.542. The van der Waals surface area contributed by atoms with Crippen molar-refractivity contribution < 1.29 is 33.3 Å². The summed E-state index contributed by atoms with van der Waals surface area (Å²) >= 11 is 0.862. The van der Waals surface area contributed by atoms with Gasteiger partial charge in [0.15, 0.2) is 18.1 Å². The zero-order chi connectivity index (χ0) is 23.8. The number of esters is 1. The van der Waals surface area contributed by atoms with E-state index in [9.17, 15) is 14.4 Å². The van der Waals surface area contributed by atoms with Crippen LogP contribution in [0.25, 0.3) is 6.08 Å². The van der Waals surface area contributed by atoms with E-state index in [-0.39, 0.29) is 42.4 Å². The third-order valence-corrected chi connectivity index (χ3v) is 5.52. The molecule has 0 bridgehead atoms. The molecule has 174 valence electrons. The molecule has 0 unspecified atom stereocenters. The number of nitrogens with zero attached hydrogens (tertiary/aromatic N) is 1. The molecule has 8 nitrogen and oxygen atoms in total. The van der Waals surface area contributed by atoms with Gasteiger partial charge in [-0.1, -0.05) is 23.8 Å². The van der Waals surface area contributed by atoms with E-state index >= 15 is 0 Å². The first-order valence-electron chi connectivity index (χ1n) is 10.3. The van der Waals surface area contributed by atoms with Gasteiger partial charge in [-0.05, 0) is 61.5 Å². The Morgan fingerprint density at radius 3 is 2.52 bits per heavy atom. The summed E-state index contributed by atoms with van der Waals surface area (Å²) in [4.78, 5) is 38.1. The SMILES string of the molecule is CCOC(=O)COc1cc(/C=C2\SC(=O)N(CCOc3ccc(C)cc3)C2=O)ccc1OC. The van der Waals surface area contributed by atoms with Gasteiger partial charge in [-0.15, -0.1) is 0 Å². The molecule has 0 atom stereocenters. The molecule has 0 spiro atoms. The van der Waals surface area contributed by atoms with E-state index in [1.165, 1.54) is 7.11 Å². The third-order valence-electron chi connectivity index (χ3n) is 4.61. The number of benzene rings is 2. The van der Waals surface area contributed by atoms with Crippen LogP contribution in [0, 0.1) is 6.92 Å². The second-order valence-corrected chi connectivity index (χ2v) is 7.99. The first-order valence-corrected chi connectivity index (χ1v) is 11.1. The van der Waals surface area contributed by atoms with Crippen LogP contribution in [0.15, 0.2) is 47.4 Å². The predicted octanol–water partition coefficient (Wildman–Crippen LogP) is 4.06. The second-order valence-electron chi connectivity index (χ2n) is 7.00. The molecule has 2 aromatic carbocycles. The number of amides is 2. The van der Waals surface area contributed by atoms with Crippen molar-refractivity contribution in [1.29, 1.82) is 0 Å². The van der Waals surface area contributed by atoms with Gasteiger partial charge in [0.25, 0.3) is 11.1 Å². The third kappa shape index (κ3) is 6.52. The summed E-state index contributed by atoms with van der Waals surface area (Å²) in [5, 5.41) is -0.356. The molecule has 9 heteroatoms. The van der Waals surface area contributed by atoms with Crippen LogP contribution in [0.5, 0.6) is 17.2 Å². The van der Waals surface area contributed by atoms with Crippen molar-refractivity contribution >= 4 is 35.0 Å². The monoisotopic (exact) mass is 471 g/mol. The first kappa shape index (κ1) is 24.2. The molecular formula is C24H25NO7S. The van der Waals surface area contributed by atoms with Gasteiger partial charge in [-0.3, -0.25) is 14.5 Å². The summed E-state index contributed by atoms with van der Waals surface area (Å²) in [7, 11) is 1.48. The van der Waals surface area contributed by atoms with E-state index in [0.29, 0.717) is 22.8 Å². The molecule has 2 amide bonds. The van der Waals surface area contributed by atoms with Gasteiger partial charge in [0.1, 0.15) is 12.4 Å². The Balaban J connectivity index is 1.65. The molecule has 1 heterocycles. The van der Waals surface area contributed by atoms with E-state index in [1.54, 1.807) is 31.2 Å². The Labute approximate surface area is 196 Å². The largest absolute Gasteiger partial charge is 0.493 e. The molecule has 2 aromatic rings. The van der Waals surface area contributed by atoms with Crippen molar-refractivity contribution in [3.63, 3.8) is 0 Å². The van der Waals surface area contributed by atoms with Gasteiger partial charge in [-0.25, -0.2) is 4.79 Å². The van der Waals surface area contributed by atoms with Crippen molar-refractivity contribution in [2.75, 3.05) is 33.5 Å². The number of carbonyl (C=O) groups excluding carboxylic acids is 3. The lowest BCUT2D eigenvalue weighted by Gasteiger charge is -2.13. The van der Waals surface area contributed by atoms with Gasteiger partial charge >= 0.3 is 5.97 Å². The van der Waals surface area contributed by atoms with Crippen LogP contribution in [0.3, 0.4) is 0 Å². The van der Waals surface area contributed by atoms with Gasteiger partial charge in [0, 0.05) is 0 Å². The summed E-state index contributed by atoms with van der Waals surface area (Å²) in [5.41, 5.74) is 1.74. The Kier molecular flexibility index (Phi) is 8.37. The molecule has 1 fully saturated rings. The summed E-state index contributed by atoms with van der Waals surface area (Å²) < 4.78 is 21.3. The summed E-state index contributed by atoms with van der Waals surface area (Å²) in [6.45, 7) is 4.02. The zero-order valence-corrected chi connectivity index (χ0v) is 19.5. The molecule has 0 aliphatic carbocycles. The number of hydrogen-bond acceptors (Lipinski definition) is 8. The van der Waals surface area contributed by atoms with E-state index in [2.05, 4.69) is 0 Å². The topological polar surface area (TPSA) is 91.4 Å².